The molecule has 3 rings (SSSR count). The van der Waals surface area contributed by atoms with Crippen LogP contribution in [0, 0.1) is 5.92 Å². The number of aromatic amines is 1. The van der Waals surface area contributed by atoms with E-state index in [4.69, 9.17) is 0 Å². The van der Waals surface area contributed by atoms with Crippen molar-refractivity contribution in [1.82, 2.24) is 10.2 Å². The molecule has 1 aromatic carbocycles. The molecule has 0 spiro atoms. The number of fused-ring (bicyclic) bond motifs is 1. The molecule has 0 radical (unpaired) electrons. The molecule has 22 heavy (non-hydrogen) atoms. The Morgan fingerprint density at radius 3 is 2.77 bits per heavy atom. The van der Waals surface area contributed by atoms with Crippen molar-refractivity contribution in [2.45, 2.75) is 38.0 Å². The minimum absolute atomic E-state index is 0.0743. The van der Waals surface area contributed by atoms with Crippen LogP contribution in [0.1, 0.15) is 31.2 Å². The highest BCUT2D eigenvalue weighted by atomic mass is 19.4. The Bertz CT molecular complexity index is 653. The monoisotopic (exact) mass is 313 g/mol. The summed E-state index contributed by atoms with van der Waals surface area (Å²) in [5.41, 5.74) is 0.0359. The molecule has 120 valence electrons. The number of aliphatic hydroxyl groups excluding tert-OH is 1. The van der Waals surface area contributed by atoms with Gasteiger partial charge in [0.05, 0.1) is 23.4 Å². The van der Waals surface area contributed by atoms with Crippen LogP contribution in [0.5, 0.6) is 0 Å². The third-order valence-electron chi connectivity index (χ3n) is 4.31. The van der Waals surface area contributed by atoms with E-state index in [1.807, 2.05) is 0 Å². The maximum atomic E-state index is 13.0. The van der Waals surface area contributed by atoms with Crippen molar-refractivity contribution in [3.63, 3.8) is 0 Å². The number of anilines is 1. The van der Waals surface area contributed by atoms with Gasteiger partial charge in [-0.25, -0.2) is 0 Å². The van der Waals surface area contributed by atoms with Crippen LogP contribution in [0.3, 0.4) is 0 Å². The van der Waals surface area contributed by atoms with E-state index in [2.05, 4.69) is 15.5 Å². The van der Waals surface area contributed by atoms with E-state index in [1.54, 1.807) is 0 Å². The second-order valence-electron chi connectivity index (χ2n) is 5.85. The summed E-state index contributed by atoms with van der Waals surface area (Å²) >= 11 is 0. The lowest BCUT2D eigenvalue weighted by atomic mass is 9.86. The first-order valence-electron chi connectivity index (χ1n) is 7.41. The molecular weight excluding hydrogens is 295 g/mol. The van der Waals surface area contributed by atoms with Gasteiger partial charge >= 0.3 is 6.18 Å². The fourth-order valence-corrected chi connectivity index (χ4v) is 3.03. The zero-order chi connectivity index (χ0) is 15.7. The summed E-state index contributed by atoms with van der Waals surface area (Å²) < 4.78 is 38.9. The largest absolute Gasteiger partial charge is 0.416 e. The van der Waals surface area contributed by atoms with Gasteiger partial charge < -0.3 is 10.4 Å². The topological polar surface area (TPSA) is 60.9 Å². The number of benzene rings is 1. The predicted octanol–water partition coefficient (Wildman–Crippen LogP) is 3.54. The number of nitrogens with one attached hydrogen (secondary N) is 2. The number of rotatable bonds is 3. The number of alkyl halides is 3. The highest BCUT2D eigenvalue weighted by molar-refractivity contribution is 5.91. The number of hydrogen-bond donors (Lipinski definition) is 3. The van der Waals surface area contributed by atoms with Gasteiger partial charge in [-0.2, -0.15) is 18.3 Å². The summed E-state index contributed by atoms with van der Waals surface area (Å²) in [6.45, 7) is 0.461. The normalized spacial score (nSPS) is 22.9. The van der Waals surface area contributed by atoms with Crippen LogP contribution in [0.15, 0.2) is 18.3 Å². The average molecular weight is 313 g/mol. The van der Waals surface area contributed by atoms with Gasteiger partial charge in [-0.3, -0.25) is 5.10 Å². The molecule has 1 saturated carbocycles. The number of nitrogens with zero attached hydrogens (tertiary/aromatic N) is 1. The molecule has 2 aromatic rings. The summed E-state index contributed by atoms with van der Waals surface area (Å²) in [6.07, 6.45) is 0.430. The van der Waals surface area contributed by atoms with Crippen molar-refractivity contribution in [2.24, 2.45) is 5.92 Å². The lowest BCUT2D eigenvalue weighted by Gasteiger charge is -2.28. The number of aromatic nitrogens is 2. The Labute approximate surface area is 125 Å². The average Bonchev–Trinajstić information content (AvgIpc) is 2.93. The summed E-state index contributed by atoms with van der Waals surface area (Å²) in [7, 11) is 0. The van der Waals surface area contributed by atoms with Crippen LogP contribution in [0.2, 0.25) is 0 Å². The van der Waals surface area contributed by atoms with Crippen molar-refractivity contribution >= 4 is 16.6 Å². The van der Waals surface area contributed by atoms with Gasteiger partial charge in [0.15, 0.2) is 0 Å². The highest BCUT2D eigenvalue weighted by Crippen LogP contribution is 2.35. The van der Waals surface area contributed by atoms with Crippen molar-refractivity contribution in [1.29, 1.82) is 0 Å². The number of halogens is 3. The molecule has 1 heterocycles. The first kappa shape index (κ1) is 15.1. The third-order valence-corrected chi connectivity index (χ3v) is 4.31. The molecule has 3 N–H and O–H groups in total. The van der Waals surface area contributed by atoms with Gasteiger partial charge in [0, 0.05) is 23.5 Å². The Kier molecular flexibility index (Phi) is 3.99. The molecule has 0 aliphatic heterocycles. The van der Waals surface area contributed by atoms with E-state index >= 15 is 0 Å². The zero-order valence-corrected chi connectivity index (χ0v) is 12.0. The fraction of sp³-hybridized carbons (Fsp3) is 0.533. The summed E-state index contributed by atoms with van der Waals surface area (Å²) in [6, 6.07) is 2.16. The third kappa shape index (κ3) is 3.04. The quantitative estimate of drug-likeness (QED) is 0.812. The predicted molar refractivity (Wildman–Crippen MR) is 77.6 cm³/mol. The van der Waals surface area contributed by atoms with E-state index in [9.17, 15) is 18.3 Å². The van der Waals surface area contributed by atoms with Crippen molar-refractivity contribution in [3.05, 3.63) is 23.9 Å². The lowest BCUT2D eigenvalue weighted by Crippen LogP contribution is -2.30. The minimum Gasteiger partial charge on any atom is -0.393 e. The van der Waals surface area contributed by atoms with Gasteiger partial charge in [0.25, 0.3) is 0 Å². The van der Waals surface area contributed by atoms with Crippen LogP contribution in [0.4, 0.5) is 18.9 Å². The molecule has 7 heteroatoms. The Balaban J connectivity index is 1.84. The summed E-state index contributed by atoms with van der Waals surface area (Å²) in [5.74, 6) is 0.0743. The van der Waals surface area contributed by atoms with Gasteiger partial charge in [0.2, 0.25) is 0 Å². The molecule has 1 aliphatic carbocycles. The van der Waals surface area contributed by atoms with E-state index < -0.39 is 11.7 Å². The fourth-order valence-electron chi connectivity index (χ4n) is 3.03. The summed E-state index contributed by atoms with van der Waals surface area (Å²) in [4.78, 5) is 0. The standard InChI is InChI=1S/C15H18F3N3O/c16-15(17,18)10-5-12(11-8-20-21-13(11)6-10)19-7-9-3-1-2-4-14(9)22/h5-6,8-9,14,19,22H,1-4,7H2,(H,20,21)/t9-,14+/m0/s1. The zero-order valence-electron chi connectivity index (χ0n) is 12.0. The number of aliphatic hydroxyl groups is 1. The number of hydrogen-bond acceptors (Lipinski definition) is 3. The van der Waals surface area contributed by atoms with Crippen LogP contribution in [-0.4, -0.2) is 28.0 Å². The molecule has 0 unspecified atom stereocenters. The van der Waals surface area contributed by atoms with E-state index in [0.717, 1.165) is 37.8 Å². The van der Waals surface area contributed by atoms with Crippen molar-refractivity contribution in [2.75, 3.05) is 11.9 Å². The second kappa shape index (κ2) is 5.79. The lowest BCUT2D eigenvalue weighted by molar-refractivity contribution is -0.137. The SMILES string of the molecule is O[C@@H]1CCCC[C@H]1CNc1cc(C(F)(F)F)cc2[nH]ncc12. The molecule has 0 amide bonds. The van der Waals surface area contributed by atoms with Crippen LogP contribution < -0.4 is 5.32 Å². The maximum absolute atomic E-state index is 13.0. The first-order valence-corrected chi connectivity index (χ1v) is 7.41. The molecule has 0 saturated heterocycles. The molecule has 1 aromatic heterocycles. The molecule has 4 nitrogen and oxygen atoms in total. The molecule has 2 atom stereocenters. The van der Waals surface area contributed by atoms with E-state index in [0.29, 0.717) is 23.1 Å². The van der Waals surface area contributed by atoms with Crippen LogP contribution in [0.25, 0.3) is 10.9 Å². The number of H-pyrrole nitrogens is 1. The Morgan fingerprint density at radius 2 is 2.05 bits per heavy atom. The Morgan fingerprint density at radius 1 is 1.27 bits per heavy atom. The van der Waals surface area contributed by atoms with Crippen LogP contribution in [-0.2, 0) is 6.18 Å². The highest BCUT2D eigenvalue weighted by Gasteiger charge is 2.32. The maximum Gasteiger partial charge on any atom is 0.416 e. The smallest absolute Gasteiger partial charge is 0.393 e. The summed E-state index contributed by atoms with van der Waals surface area (Å²) in [5, 5.41) is 20.0. The molecule has 0 bridgehead atoms. The van der Waals surface area contributed by atoms with Crippen molar-refractivity contribution in [3.8, 4) is 0 Å². The van der Waals surface area contributed by atoms with Gasteiger partial charge in [-0.15, -0.1) is 0 Å². The minimum atomic E-state index is -4.40. The van der Waals surface area contributed by atoms with Gasteiger partial charge in [0.1, 0.15) is 0 Å². The van der Waals surface area contributed by atoms with E-state index in [-0.39, 0.29) is 12.0 Å². The molecule has 1 aliphatic rings. The van der Waals surface area contributed by atoms with Crippen LogP contribution >= 0.6 is 0 Å². The van der Waals surface area contributed by atoms with Gasteiger partial charge in [-0.1, -0.05) is 12.8 Å². The van der Waals surface area contributed by atoms with Crippen molar-refractivity contribution < 1.29 is 18.3 Å². The second-order valence-corrected chi connectivity index (χ2v) is 5.85. The molecular formula is C15H18F3N3O. The first-order chi connectivity index (χ1) is 10.4. The van der Waals surface area contributed by atoms with Gasteiger partial charge in [-0.05, 0) is 25.0 Å². The Hall–Kier alpha value is -1.76. The van der Waals surface area contributed by atoms with E-state index in [1.165, 1.54) is 6.20 Å². The molecule has 1 fully saturated rings.